The SMILES string of the molecule is O=C(CSc1nc2ccccc2c(=O)n1-c1ccc(Cl)cc1)N1CCC(Cc2ccccc2)CC1. The Kier molecular flexibility index (Phi) is 7.21. The first-order valence-electron chi connectivity index (χ1n) is 11.8. The van der Waals surface area contributed by atoms with Crippen molar-refractivity contribution in [1.29, 1.82) is 0 Å². The van der Waals surface area contributed by atoms with Gasteiger partial charge in [-0.1, -0.05) is 65.8 Å². The highest BCUT2D eigenvalue weighted by molar-refractivity contribution is 7.99. The molecule has 7 heteroatoms. The van der Waals surface area contributed by atoms with Gasteiger partial charge in [-0.05, 0) is 67.1 Å². The Morgan fingerprint density at radius 2 is 1.63 bits per heavy atom. The van der Waals surface area contributed by atoms with Gasteiger partial charge in [0.05, 0.1) is 22.3 Å². The number of hydrogen-bond donors (Lipinski definition) is 0. The third-order valence-electron chi connectivity index (χ3n) is 6.49. The Balaban J connectivity index is 1.30. The first-order chi connectivity index (χ1) is 17.1. The van der Waals surface area contributed by atoms with Gasteiger partial charge < -0.3 is 4.90 Å². The molecule has 1 fully saturated rings. The Bertz CT molecular complexity index is 1380. The van der Waals surface area contributed by atoms with E-state index in [1.165, 1.54) is 17.3 Å². The van der Waals surface area contributed by atoms with Gasteiger partial charge in [0.1, 0.15) is 0 Å². The third kappa shape index (κ3) is 5.44. The van der Waals surface area contributed by atoms with Gasteiger partial charge in [-0.25, -0.2) is 4.98 Å². The van der Waals surface area contributed by atoms with Crippen molar-refractivity contribution in [2.24, 2.45) is 5.92 Å². The van der Waals surface area contributed by atoms with Crippen LogP contribution in [0.4, 0.5) is 0 Å². The number of halogens is 1. The fourth-order valence-electron chi connectivity index (χ4n) is 4.58. The largest absolute Gasteiger partial charge is 0.342 e. The van der Waals surface area contributed by atoms with Crippen LogP contribution >= 0.6 is 23.4 Å². The molecule has 2 heterocycles. The molecular weight excluding hydrogens is 478 g/mol. The zero-order valence-corrected chi connectivity index (χ0v) is 20.8. The van der Waals surface area contributed by atoms with Crippen LogP contribution < -0.4 is 5.56 Å². The topological polar surface area (TPSA) is 55.2 Å². The molecule has 3 aromatic carbocycles. The average molecular weight is 504 g/mol. The molecule has 5 rings (SSSR count). The van der Waals surface area contributed by atoms with Crippen LogP contribution in [0.1, 0.15) is 18.4 Å². The van der Waals surface area contributed by atoms with Crippen molar-refractivity contribution in [3.63, 3.8) is 0 Å². The molecule has 4 aromatic rings. The lowest BCUT2D eigenvalue weighted by Gasteiger charge is -2.32. The van der Waals surface area contributed by atoms with Gasteiger partial charge in [-0.2, -0.15) is 0 Å². The second-order valence-corrected chi connectivity index (χ2v) is 10.2. The van der Waals surface area contributed by atoms with Gasteiger partial charge in [0, 0.05) is 18.1 Å². The number of carbonyl (C=O) groups excluding carboxylic acids is 1. The number of hydrogen-bond acceptors (Lipinski definition) is 4. The Morgan fingerprint density at radius 1 is 0.943 bits per heavy atom. The number of aromatic nitrogens is 2. The molecule has 0 N–H and O–H groups in total. The number of carbonyl (C=O) groups is 1. The number of thioether (sulfide) groups is 1. The van der Waals surface area contributed by atoms with Crippen LogP contribution in [0.3, 0.4) is 0 Å². The van der Waals surface area contributed by atoms with E-state index in [-0.39, 0.29) is 17.2 Å². The number of nitrogens with zero attached hydrogens (tertiary/aromatic N) is 3. The maximum atomic E-state index is 13.3. The van der Waals surface area contributed by atoms with E-state index < -0.39 is 0 Å². The van der Waals surface area contributed by atoms with E-state index in [1.807, 2.05) is 29.2 Å². The molecule has 1 aliphatic heterocycles. The molecule has 178 valence electrons. The second-order valence-electron chi connectivity index (χ2n) is 8.83. The van der Waals surface area contributed by atoms with Crippen LogP contribution in [0.5, 0.6) is 0 Å². The molecule has 0 spiro atoms. The zero-order valence-electron chi connectivity index (χ0n) is 19.3. The van der Waals surface area contributed by atoms with Gasteiger partial charge in [-0.3, -0.25) is 14.2 Å². The highest BCUT2D eigenvalue weighted by atomic mass is 35.5. The molecule has 1 amide bonds. The molecule has 0 saturated carbocycles. The number of piperidine rings is 1. The minimum absolute atomic E-state index is 0.0817. The maximum Gasteiger partial charge on any atom is 0.266 e. The van der Waals surface area contributed by atoms with E-state index in [9.17, 15) is 9.59 Å². The summed E-state index contributed by atoms with van der Waals surface area (Å²) in [5.74, 6) is 0.923. The highest BCUT2D eigenvalue weighted by Gasteiger charge is 2.24. The summed E-state index contributed by atoms with van der Waals surface area (Å²) in [4.78, 5) is 33.1. The first kappa shape index (κ1) is 23.6. The van der Waals surface area contributed by atoms with E-state index in [4.69, 9.17) is 16.6 Å². The standard InChI is InChI=1S/C28H26ClN3O2S/c29-22-10-12-23(13-11-22)32-27(34)24-8-4-5-9-25(24)30-28(32)35-19-26(33)31-16-14-21(15-17-31)18-20-6-2-1-3-7-20/h1-13,21H,14-19H2. The molecular formula is C28H26ClN3O2S. The number of fused-ring (bicyclic) bond motifs is 1. The molecule has 0 unspecified atom stereocenters. The average Bonchev–Trinajstić information content (AvgIpc) is 2.89. The lowest BCUT2D eigenvalue weighted by atomic mass is 9.90. The number of benzene rings is 3. The maximum absolute atomic E-state index is 13.3. The summed E-state index contributed by atoms with van der Waals surface area (Å²) in [7, 11) is 0. The summed E-state index contributed by atoms with van der Waals surface area (Å²) in [5.41, 5.74) is 2.50. The van der Waals surface area contributed by atoms with Crippen LogP contribution in [-0.2, 0) is 11.2 Å². The van der Waals surface area contributed by atoms with E-state index >= 15 is 0 Å². The number of amides is 1. The molecule has 1 aromatic heterocycles. The summed E-state index contributed by atoms with van der Waals surface area (Å²) in [6, 6.07) is 24.9. The number of para-hydroxylation sites is 1. The van der Waals surface area contributed by atoms with Crippen LogP contribution in [0.25, 0.3) is 16.6 Å². The van der Waals surface area contributed by atoms with Crippen LogP contribution in [0.2, 0.25) is 5.02 Å². The quantitative estimate of drug-likeness (QED) is 0.253. The molecule has 0 radical (unpaired) electrons. The third-order valence-corrected chi connectivity index (χ3v) is 7.66. The molecule has 1 saturated heterocycles. The van der Waals surface area contributed by atoms with Crippen molar-refractivity contribution in [2.75, 3.05) is 18.8 Å². The lowest BCUT2D eigenvalue weighted by Crippen LogP contribution is -2.40. The first-order valence-corrected chi connectivity index (χ1v) is 13.2. The van der Waals surface area contributed by atoms with E-state index in [0.29, 0.717) is 32.7 Å². The van der Waals surface area contributed by atoms with Crippen molar-refractivity contribution in [1.82, 2.24) is 14.5 Å². The zero-order chi connectivity index (χ0) is 24.2. The highest BCUT2D eigenvalue weighted by Crippen LogP contribution is 2.25. The predicted molar refractivity (Wildman–Crippen MR) is 143 cm³/mol. The van der Waals surface area contributed by atoms with Gasteiger partial charge >= 0.3 is 0 Å². The second kappa shape index (κ2) is 10.7. The van der Waals surface area contributed by atoms with E-state index in [0.717, 1.165) is 32.4 Å². The summed E-state index contributed by atoms with van der Waals surface area (Å²) >= 11 is 7.37. The summed E-state index contributed by atoms with van der Waals surface area (Å²) in [6.45, 7) is 1.54. The predicted octanol–water partition coefficient (Wildman–Crippen LogP) is 5.61. The number of likely N-dealkylation sites (tertiary alicyclic amines) is 1. The summed E-state index contributed by atoms with van der Waals surface area (Å²) in [5, 5.41) is 1.64. The normalized spacial score (nSPS) is 14.4. The minimum Gasteiger partial charge on any atom is -0.342 e. The van der Waals surface area contributed by atoms with Gasteiger partial charge in [0.2, 0.25) is 5.91 Å². The molecule has 0 aliphatic carbocycles. The smallest absolute Gasteiger partial charge is 0.266 e. The Morgan fingerprint density at radius 3 is 2.37 bits per heavy atom. The van der Waals surface area contributed by atoms with Crippen molar-refractivity contribution in [3.05, 3.63) is 99.8 Å². The van der Waals surface area contributed by atoms with Crippen molar-refractivity contribution < 1.29 is 4.79 Å². The van der Waals surface area contributed by atoms with Crippen LogP contribution in [0, 0.1) is 5.92 Å². The molecule has 5 nitrogen and oxygen atoms in total. The molecule has 0 atom stereocenters. The molecule has 35 heavy (non-hydrogen) atoms. The fraction of sp³-hybridized carbons (Fsp3) is 0.250. The van der Waals surface area contributed by atoms with Crippen molar-refractivity contribution in [2.45, 2.75) is 24.4 Å². The lowest BCUT2D eigenvalue weighted by molar-refractivity contribution is -0.129. The summed E-state index contributed by atoms with van der Waals surface area (Å²) < 4.78 is 1.57. The Hall–Kier alpha value is -3.09. The molecule has 0 bridgehead atoms. The van der Waals surface area contributed by atoms with Gasteiger partial charge in [0.15, 0.2) is 5.16 Å². The van der Waals surface area contributed by atoms with Crippen molar-refractivity contribution in [3.8, 4) is 5.69 Å². The van der Waals surface area contributed by atoms with E-state index in [2.05, 4.69) is 24.3 Å². The summed E-state index contributed by atoms with van der Waals surface area (Å²) in [6.07, 6.45) is 3.08. The van der Waals surface area contributed by atoms with Gasteiger partial charge in [0.25, 0.3) is 5.56 Å². The number of rotatable bonds is 6. The van der Waals surface area contributed by atoms with Crippen LogP contribution in [0.15, 0.2) is 88.8 Å². The Labute approximate surface area is 213 Å². The monoisotopic (exact) mass is 503 g/mol. The van der Waals surface area contributed by atoms with Crippen LogP contribution in [-0.4, -0.2) is 39.2 Å². The van der Waals surface area contributed by atoms with Gasteiger partial charge in [-0.15, -0.1) is 0 Å². The van der Waals surface area contributed by atoms with Crippen molar-refractivity contribution >= 4 is 40.2 Å². The fourth-order valence-corrected chi connectivity index (χ4v) is 5.62. The van der Waals surface area contributed by atoms with E-state index in [1.54, 1.807) is 34.9 Å². The minimum atomic E-state index is -0.158. The molecule has 1 aliphatic rings.